The molecule has 1 atom stereocenters. The zero-order valence-corrected chi connectivity index (χ0v) is 12.1. The number of morpholine rings is 1. The van der Waals surface area contributed by atoms with Crippen LogP contribution in [0.15, 0.2) is 18.2 Å². The predicted molar refractivity (Wildman–Crippen MR) is 79.8 cm³/mol. The summed E-state index contributed by atoms with van der Waals surface area (Å²) >= 11 is 0. The van der Waals surface area contributed by atoms with Gasteiger partial charge in [0.05, 0.1) is 38.0 Å². The number of nitrogens with zero attached hydrogens (tertiary/aromatic N) is 1. The number of carbonyl (C=O) groups is 1. The Morgan fingerprint density at radius 1 is 1.57 bits per heavy atom. The van der Waals surface area contributed by atoms with Gasteiger partial charge in [0.15, 0.2) is 0 Å². The van der Waals surface area contributed by atoms with E-state index in [4.69, 9.17) is 10.5 Å². The summed E-state index contributed by atoms with van der Waals surface area (Å²) in [6.07, 6.45) is 0. The van der Waals surface area contributed by atoms with Gasteiger partial charge in [-0.2, -0.15) is 0 Å². The van der Waals surface area contributed by atoms with Crippen LogP contribution in [-0.2, 0) is 4.74 Å². The first-order valence-corrected chi connectivity index (χ1v) is 6.96. The van der Waals surface area contributed by atoms with E-state index in [-0.39, 0.29) is 25.1 Å². The molecule has 1 aromatic rings. The molecule has 0 bridgehead atoms. The van der Waals surface area contributed by atoms with Gasteiger partial charge in [0.1, 0.15) is 0 Å². The Hall–Kier alpha value is -1.87. The molecule has 112 valence electrons. The highest BCUT2D eigenvalue weighted by Gasteiger charge is 2.28. The summed E-state index contributed by atoms with van der Waals surface area (Å²) in [5, 5.41) is 9.40. The number of aliphatic hydroxyl groups is 1. The van der Waals surface area contributed by atoms with Gasteiger partial charge in [0, 0.05) is 12.1 Å². The molecule has 21 heavy (non-hydrogen) atoms. The highest BCUT2D eigenvalue weighted by molar-refractivity contribution is 5.97. The minimum Gasteiger partial charge on any atom is -0.394 e. The number of carbonyl (C=O) groups excluding carboxylic acids is 1. The lowest BCUT2D eigenvalue weighted by Gasteiger charge is -2.34. The Bertz CT molecular complexity index is 575. The molecule has 0 radical (unpaired) electrons. The molecule has 5 heteroatoms. The Labute approximate surface area is 124 Å². The van der Waals surface area contributed by atoms with E-state index in [0.29, 0.717) is 30.9 Å². The maximum absolute atomic E-state index is 12.8. The highest BCUT2D eigenvalue weighted by Crippen LogP contribution is 2.17. The Kier molecular flexibility index (Phi) is 5.34. The van der Waals surface area contributed by atoms with E-state index in [1.54, 1.807) is 4.90 Å². The second kappa shape index (κ2) is 7.23. The van der Waals surface area contributed by atoms with Crippen molar-refractivity contribution >= 4 is 5.91 Å². The van der Waals surface area contributed by atoms with E-state index < -0.39 is 0 Å². The topological polar surface area (TPSA) is 75.8 Å². The number of rotatable bonds is 2. The van der Waals surface area contributed by atoms with Gasteiger partial charge < -0.3 is 20.5 Å². The molecule has 0 spiro atoms. The summed E-state index contributed by atoms with van der Waals surface area (Å²) in [7, 11) is 0. The first-order valence-electron chi connectivity index (χ1n) is 6.96. The molecule has 1 saturated heterocycles. The Morgan fingerprint density at radius 2 is 2.38 bits per heavy atom. The third-order valence-electron chi connectivity index (χ3n) is 3.43. The van der Waals surface area contributed by atoms with Crippen LogP contribution in [0.4, 0.5) is 0 Å². The molecular weight excluding hydrogens is 268 g/mol. The molecule has 1 aliphatic rings. The molecule has 3 N–H and O–H groups in total. The first kappa shape index (κ1) is 15.5. The van der Waals surface area contributed by atoms with E-state index in [1.165, 1.54) is 0 Å². The van der Waals surface area contributed by atoms with E-state index in [2.05, 4.69) is 11.8 Å². The number of aryl methyl sites for hydroxylation is 1. The third-order valence-corrected chi connectivity index (χ3v) is 3.43. The van der Waals surface area contributed by atoms with Crippen LogP contribution in [0.3, 0.4) is 0 Å². The Balaban J connectivity index is 2.35. The number of benzene rings is 1. The summed E-state index contributed by atoms with van der Waals surface area (Å²) in [6, 6.07) is 5.27. The minimum atomic E-state index is -0.304. The fourth-order valence-electron chi connectivity index (χ4n) is 2.32. The van der Waals surface area contributed by atoms with Gasteiger partial charge in [0.25, 0.3) is 5.91 Å². The molecule has 2 rings (SSSR count). The van der Waals surface area contributed by atoms with Crippen LogP contribution in [0.1, 0.15) is 21.5 Å². The molecule has 0 aromatic heterocycles. The van der Waals surface area contributed by atoms with Gasteiger partial charge in [-0.1, -0.05) is 23.5 Å². The second-order valence-electron chi connectivity index (χ2n) is 4.96. The maximum atomic E-state index is 12.8. The van der Waals surface area contributed by atoms with Gasteiger partial charge >= 0.3 is 0 Å². The van der Waals surface area contributed by atoms with E-state index >= 15 is 0 Å². The molecule has 0 aliphatic carbocycles. The second-order valence-corrected chi connectivity index (χ2v) is 4.96. The number of aliphatic hydroxyl groups excluding tert-OH is 1. The van der Waals surface area contributed by atoms with Crippen molar-refractivity contribution in [1.29, 1.82) is 0 Å². The zero-order valence-electron chi connectivity index (χ0n) is 12.1. The predicted octanol–water partition coefficient (Wildman–Crippen LogP) is 0.139. The summed E-state index contributed by atoms with van der Waals surface area (Å²) in [5.74, 6) is 5.59. The van der Waals surface area contributed by atoms with Crippen molar-refractivity contribution in [3.8, 4) is 11.8 Å². The number of ether oxygens (including phenoxy) is 1. The molecule has 1 fully saturated rings. The normalized spacial score (nSPS) is 18.0. The average Bonchev–Trinajstić information content (AvgIpc) is 2.53. The quantitative estimate of drug-likeness (QED) is 0.759. The monoisotopic (exact) mass is 288 g/mol. The van der Waals surface area contributed by atoms with Crippen LogP contribution < -0.4 is 5.73 Å². The van der Waals surface area contributed by atoms with Crippen molar-refractivity contribution in [2.45, 2.75) is 13.0 Å². The number of amides is 1. The first-order chi connectivity index (χ1) is 10.2. The fourth-order valence-corrected chi connectivity index (χ4v) is 2.32. The lowest BCUT2D eigenvalue weighted by atomic mass is 10.0. The van der Waals surface area contributed by atoms with Crippen molar-refractivity contribution < 1.29 is 14.6 Å². The smallest absolute Gasteiger partial charge is 0.255 e. The molecule has 1 unspecified atom stereocenters. The van der Waals surface area contributed by atoms with Crippen LogP contribution >= 0.6 is 0 Å². The van der Waals surface area contributed by atoms with Gasteiger partial charge in [-0.15, -0.1) is 0 Å². The number of hydrogen-bond donors (Lipinski definition) is 2. The van der Waals surface area contributed by atoms with Crippen LogP contribution in [0.5, 0.6) is 0 Å². The third kappa shape index (κ3) is 3.61. The summed E-state index contributed by atoms with van der Waals surface area (Å²) in [5.41, 5.74) is 7.61. The molecule has 1 amide bonds. The molecule has 0 saturated carbocycles. The van der Waals surface area contributed by atoms with Gasteiger partial charge in [-0.05, 0) is 19.1 Å². The maximum Gasteiger partial charge on any atom is 0.255 e. The van der Waals surface area contributed by atoms with Crippen molar-refractivity contribution in [3.63, 3.8) is 0 Å². The average molecular weight is 288 g/mol. The number of nitrogens with two attached hydrogens (primary N) is 1. The summed E-state index contributed by atoms with van der Waals surface area (Å²) in [4.78, 5) is 14.4. The standard InChI is InChI=1S/C16H20N2O3/c1-12-4-5-13(3-2-6-17)15(9-12)16(20)18-7-8-21-11-14(18)10-19/h4-5,9,14,19H,6-8,10-11,17H2,1H3. The van der Waals surface area contributed by atoms with Gasteiger partial charge in [-0.3, -0.25) is 4.79 Å². The molecular formula is C16H20N2O3. The van der Waals surface area contributed by atoms with Crippen molar-refractivity contribution in [3.05, 3.63) is 34.9 Å². The lowest BCUT2D eigenvalue weighted by Crippen LogP contribution is -2.50. The molecule has 1 aromatic carbocycles. The summed E-state index contributed by atoms with van der Waals surface area (Å²) < 4.78 is 5.31. The van der Waals surface area contributed by atoms with Gasteiger partial charge in [-0.25, -0.2) is 0 Å². The lowest BCUT2D eigenvalue weighted by molar-refractivity contribution is -0.0184. The van der Waals surface area contributed by atoms with Crippen LogP contribution in [0.25, 0.3) is 0 Å². The highest BCUT2D eigenvalue weighted by atomic mass is 16.5. The SMILES string of the molecule is Cc1ccc(C#CCN)c(C(=O)N2CCOCC2CO)c1. The minimum absolute atomic E-state index is 0.110. The van der Waals surface area contributed by atoms with E-state index in [1.807, 2.05) is 25.1 Å². The zero-order chi connectivity index (χ0) is 15.2. The largest absolute Gasteiger partial charge is 0.394 e. The fraction of sp³-hybridized carbons (Fsp3) is 0.438. The van der Waals surface area contributed by atoms with Crippen LogP contribution in [-0.4, -0.2) is 54.9 Å². The van der Waals surface area contributed by atoms with Crippen molar-refractivity contribution in [2.75, 3.05) is 32.9 Å². The Morgan fingerprint density at radius 3 is 3.10 bits per heavy atom. The summed E-state index contributed by atoms with van der Waals surface area (Å²) in [6.45, 7) is 3.39. The van der Waals surface area contributed by atoms with Crippen molar-refractivity contribution in [1.82, 2.24) is 4.90 Å². The van der Waals surface area contributed by atoms with E-state index in [9.17, 15) is 9.90 Å². The van der Waals surface area contributed by atoms with Gasteiger partial charge in [0.2, 0.25) is 0 Å². The number of hydrogen-bond acceptors (Lipinski definition) is 4. The van der Waals surface area contributed by atoms with E-state index in [0.717, 1.165) is 5.56 Å². The van der Waals surface area contributed by atoms with Crippen LogP contribution in [0.2, 0.25) is 0 Å². The molecule has 1 heterocycles. The van der Waals surface area contributed by atoms with Crippen molar-refractivity contribution in [2.24, 2.45) is 5.73 Å². The molecule has 1 aliphatic heterocycles. The van der Waals surface area contributed by atoms with Crippen LogP contribution in [0, 0.1) is 18.8 Å². The molecule has 5 nitrogen and oxygen atoms in total.